The maximum atomic E-state index is 12.4. The fraction of sp³-hybridized carbons (Fsp3) is 0.250. The molecule has 0 spiro atoms. The van der Waals surface area contributed by atoms with Crippen LogP contribution >= 0.6 is 0 Å². The lowest BCUT2D eigenvalue weighted by Crippen LogP contribution is -2.12. The van der Waals surface area contributed by atoms with Crippen LogP contribution in [0.5, 0.6) is 23.0 Å². The molecule has 36 heavy (non-hydrogen) atoms. The number of methoxy groups -OCH3 is 3. The van der Waals surface area contributed by atoms with Gasteiger partial charge in [-0.3, -0.25) is 9.78 Å². The van der Waals surface area contributed by atoms with Gasteiger partial charge in [-0.05, 0) is 49.2 Å². The Labute approximate surface area is 210 Å². The normalized spacial score (nSPS) is 10.6. The molecule has 0 radical (unpaired) electrons. The number of nitrogens with one attached hydrogen (secondary N) is 1. The molecule has 0 atom stereocenters. The third kappa shape index (κ3) is 6.02. The van der Waals surface area contributed by atoms with Crippen molar-refractivity contribution >= 4 is 22.5 Å². The van der Waals surface area contributed by atoms with E-state index in [9.17, 15) is 4.79 Å². The summed E-state index contributed by atoms with van der Waals surface area (Å²) in [6.45, 7) is 0.519. The zero-order chi connectivity index (χ0) is 25.3. The Kier molecular flexibility index (Phi) is 8.18. The Hall–Kier alpha value is -4.33. The highest BCUT2D eigenvalue weighted by Crippen LogP contribution is 2.40. The summed E-state index contributed by atoms with van der Waals surface area (Å²) in [6.07, 6.45) is 5.34. The Bertz CT molecular complexity index is 1300. The molecule has 1 amide bonds. The molecule has 0 saturated carbocycles. The zero-order valence-electron chi connectivity index (χ0n) is 20.6. The van der Waals surface area contributed by atoms with Crippen molar-refractivity contribution in [2.45, 2.75) is 19.3 Å². The van der Waals surface area contributed by atoms with Gasteiger partial charge in [0.1, 0.15) is 5.75 Å². The Balaban J connectivity index is 1.25. The summed E-state index contributed by atoms with van der Waals surface area (Å²) in [5.41, 5.74) is 3.42. The van der Waals surface area contributed by atoms with Crippen LogP contribution in [0.1, 0.15) is 19.3 Å². The molecule has 0 saturated heterocycles. The Morgan fingerprint density at radius 3 is 2.31 bits per heavy atom. The van der Waals surface area contributed by atoms with Crippen molar-refractivity contribution in [2.24, 2.45) is 0 Å². The SMILES string of the molecule is COc1cc(NC(=O)CCCCOc2ccc3nc(-c4ccncc4)ccc3c2)cc(OC)c1OC. The second-order valence-electron chi connectivity index (χ2n) is 8.05. The topological polar surface area (TPSA) is 91.8 Å². The number of anilines is 1. The number of unbranched alkanes of at least 4 members (excludes halogenated alkanes) is 1. The number of aromatic nitrogens is 2. The molecule has 0 aliphatic rings. The fourth-order valence-electron chi connectivity index (χ4n) is 3.83. The van der Waals surface area contributed by atoms with Gasteiger partial charge in [-0.15, -0.1) is 0 Å². The van der Waals surface area contributed by atoms with Gasteiger partial charge in [0, 0.05) is 47.6 Å². The molecule has 4 aromatic rings. The zero-order valence-corrected chi connectivity index (χ0v) is 20.6. The lowest BCUT2D eigenvalue weighted by Gasteiger charge is -2.14. The first-order valence-electron chi connectivity index (χ1n) is 11.6. The number of hydrogen-bond acceptors (Lipinski definition) is 7. The van der Waals surface area contributed by atoms with Crippen molar-refractivity contribution in [3.05, 3.63) is 67.0 Å². The lowest BCUT2D eigenvalue weighted by molar-refractivity contribution is -0.116. The number of amides is 1. The van der Waals surface area contributed by atoms with Crippen LogP contribution in [0.15, 0.2) is 67.0 Å². The van der Waals surface area contributed by atoms with Gasteiger partial charge in [-0.25, -0.2) is 4.98 Å². The van der Waals surface area contributed by atoms with Crippen LogP contribution in [-0.2, 0) is 4.79 Å². The molecular formula is C28H29N3O5. The number of pyridine rings is 2. The predicted molar refractivity (Wildman–Crippen MR) is 139 cm³/mol. The molecule has 2 aromatic heterocycles. The molecule has 0 aliphatic carbocycles. The number of carbonyl (C=O) groups is 1. The minimum Gasteiger partial charge on any atom is -0.494 e. The van der Waals surface area contributed by atoms with Crippen LogP contribution < -0.4 is 24.3 Å². The van der Waals surface area contributed by atoms with Crippen molar-refractivity contribution in [1.82, 2.24) is 9.97 Å². The van der Waals surface area contributed by atoms with Crippen LogP contribution in [0.4, 0.5) is 5.69 Å². The van der Waals surface area contributed by atoms with Gasteiger partial charge in [0.2, 0.25) is 11.7 Å². The Morgan fingerprint density at radius 1 is 0.861 bits per heavy atom. The fourth-order valence-corrected chi connectivity index (χ4v) is 3.83. The van der Waals surface area contributed by atoms with E-state index in [0.29, 0.717) is 42.4 Å². The quantitative estimate of drug-likeness (QED) is 0.279. The first-order chi connectivity index (χ1) is 17.6. The van der Waals surface area contributed by atoms with E-state index >= 15 is 0 Å². The molecule has 0 unspecified atom stereocenters. The first-order valence-corrected chi connectivity index (χ1v) is 11.6. The third-order valence-electron chi connectivity index (χ3n) is 5.65. The average Bonchev–Trinajstić information content (AvgIpc) is 2.92. The van der Waals surface area contributed by atoms with Gasteiger partial charge in [0.15, 0.2) is 11.5 Å². The summed E-state index contributed by atoms with van der Waals surface area (Å²) >= 11 is 0. The summed E-state index contributed by atoms with van der Waals surface area (Å²) < 4.78 is 21.9. The van der Waals surface area contributed by atoms with Crippen LogP contribution in [0.2, 0.25) is 0 Å². The second-order valence-corrected chi connectivity index (χ2v) is 8.05. The smallest absolute Gasteiger partial charge is 0.224 e. The van der Waals surface area contributed by atoms with Gasteiger partial charge in [-0.1, -0.05) is 6.07 Å². The number of fused-ring (bicyclic) bond motifs is 1. The molecule has 0 bridgehead atoms. The predicted octanol–water partition coefficient (Wildman–Crippen LogP) is 5.51. The summed E-state index contributed by atoms with van der Waals surface area (Å²) in [5.74, 6) is 2.14. The lowest BCUT2D eigenvalue weighted by atomic mass is 10.1. The molecule has 8 nitrogen and oxygen atoms in total. The van der Waals surface area contributed by atoms with Crippen molar-refractivity contribution in [1.29, 1.82) is 0 Å². The van der Waals surface area contributed by atoms with E-state index in [1.807, 2.05) is 42.5 Å². The van der Waals surface area contributed by atoms with E-state index < -0.39 is 0 Å². The number of ether oxygens (including phenoxy) is 4. The van der Waals surface area contributed by atoms with Gasteiger partial charge >= 0.3 is 0 Å². The second kappa shape index (κ2) is 11.9. The number of nitrogens with zero attached hydrogens (tertiary/aromatic N) is 2. The van der Waals surface area contributed by atoms with E-state index in [4.69, 9.17) is 23.9 Å². The Morgan fingerprint density at radius 2 is 1.61 bits per heavy atom. The largest absolute Gasteiger partial charge is 0.494 e. The van der Waals surface area contributed by atoms with E-state index in [0.717, 1.165) is 34.3 Å². The minimum atomic E-state index is -0.0916. The molecule has 4 rings (SSSR count). The molecule has 1 N–H and O–H groups in total. The van der Waals surface area contributed by atoms with Crippen molar-refractivity contribution in [3.8, 4) is 34.3 Å². The summed E-state index contributed by atoms with van der Waals surface area (Å²) in [7, 11) is 4.61. The van der Waals surface area contributed by atoms with Crippen LogP contribution in [0, 0.1) is 0 Å². The minimum absolute atomic E-state index is 0.0916. The third-order valence-corrected chi connectivity index (χ3v) is 5.65. The van der Waals surface area contributed by atoms with Crippen LogP contribution in [-0.4, -0.2) is 43.8 Å². The number of benzene rings is 2. The molecule has 2 heterocycles. The molecule has 2 aromatic carbocycles. The maximum Gasteiger partial charge on any atom is 0.224 e. The highest BCUT2D eigenvalue weighted by molar-refractivity contribution is 5.91. The molecule has 8 heteroatoms. The highest BCUT2D eigenvalue weighted by Gasteiger charge is 2.14. The number of hydrogen-bond donors (Lipinski definition) is 1. The van der Waals surface area contributed by atoms with Gasteiger partial charge in [0.05, 0.1) is 39.1 Å². The average molecular weight is 488 g/mol. The maximum absolute atomic E-state index is 12.4. The first kappa shape index (κ1) is 24.8. The van der Waals surface area contributed by atoms with E-state index in [2.05, 4.69) is 10.3 Å². The molecule has 0 fully saturated rings. The number of rotatable bonds is 11. The van der Waals surface area contributed by atoms with Gasteiger partial charge < -0.3 is 24.3 Å². The van der Waals surface area contributed by atoms with Crippen LogP contribution in [0.25, 0.3) is 22.2 Å². The van der Waals surface area contributed by atoms with Crippen molar-refractivity contribution in [3.63, 3.8) is 0 Å². The van der Waals surface area contributed by atoms with E-state index in [1.165, 1.54) is 21.3 Å². The molecular weight excluding hydrogens is 458 g/mol. The molecule has 0 aliphatic heterocycles. The number of carbonyl (C=O) groups excluding carboxylic acids is 1. The summed E-state index contributed by atoms with van der Waals surface area (Å²) in [5, 5.41) is 3.89. The van der Waals surface area contributed by atoms with E-state index in [1.54, 1.807) is 24.5 Å². The molecule has 186 valence electrons. The highest BCUT2D eigenvalue weighted by atomic mass is 16.5. The van der Waals surface area contributed by atoms with E-state index in [-0.39, 0.29) is 5.91 Å². The van der Waals surface area contributed by atoms with Crippen molar-refractivity contribution in [2.75, 3.05) is 33.3 Å². The van der Waals surface area contributed by atoms with Crippen molar-refractivity contribution < 1.29 is 23.7 Å². The monoisotopic (exact) mass is 487 g/mol. The van der Waals surface area contributed by atoms with Crippen LogP contribution in [0.3, 0.4) is 0 Å². The standard InChI is InChI=1S/C28H29N3O5/c1-33-25-17-21(18-26(34-2)28(25)35-3)30-27(32)6-4-5-15-36-22-8-10-24-20(16-22)7-9-23(31-24)19-11-13-29-14-12-19/h7-14,16-18H,4-6,15H2,1-3H3,(H,30,32). The summed E-state index contributed by atoms with van der Waals surface area (Å²) in [6, 6.07) is 17.2. The van der Waals surface area contributed by atoms with Gasteiger partial charge in [-0.2, -0.15) is 0 Å². The summed E-state index contributed by atoms with van der Waals surface area (Å²) in [4.78, 5) is 21.2. The van der Waals surface area contributed by atoms with Gasteiger partial charge in [0.25, 0.3) is 0 Å².